The van der Waals surface area contributed by atoms with E-state index in [-0.39, 0.29) is 0 Å². The van der Waals surface area contributed by atoms with E-state index < -0.39 is 12.1 Å². The number of fused-ring (bicyclic) bond motifs is 5. The van der Waals surface area contributed by atoms with Crippen molar-refractivity contribution in [2.24, 2.45) is 29.6 Å². The van der Waals surface area contributed by atoms with Crippen molar-refractivity contribution in [2.45, 2.75) is 63.2 Å². The van der Waals surface area contributed by atoms with Gasteiger partial charge in [-0.3, -0.25) is 0 Å². The van der Waals surface area contributed by atoms with Crippen LogP contribution < -0.4 is 5.32 Å². The number of alkyl halides is 3. The molecule has 4 fully saturated rings. The molecule has 0 amide bonds. The van der Waals surface area contributed by atoms with Crippen LogP contribution in [0, 0.1) is 29.6 Å². The fourth-order valence-corrected chi connectivity index (χ4v) is 5.41. The predicted molar refractivity (Wildman–Crippen MR) is 66.5 cm³/mol. The van der Waals surface area contributed by atoms with Crippen LogP contribution in [0.5, 0.6) is 0 Å². The monoisotopic (exact) mass is 273 g/mol. The molecule has 4 rings (SSSR count). The van der Waals surface area contributed by atoms with Gasteiger partial charge in [0.05, 0.1) is 5.92 Å². The van der Waals surface area contributed by atoms with Crippen LogP contribution in [0.2, 0.25) is 0 Å². The number of rotatable bonds is 2. The maximum Gasteiger partial charge on any atom is 0.391 e. The van der Waals surface area contributed by atoms with Crippen LogP contribution in [0.25, 0.3) is 0 Å². The summed E-state index contributed by atoms with van der Waals surface area (Å²) in [4.78, 5) is 0. The number of halogens is 3. The molecule has 0 radical (unpaired) electrons. The fraction of sp³-hybridized carbons (Fsp3) is 1.00. The summed E-state index contributed by atoms with van der Waals surface area (Å²) in [5, 5.41) is 3.70. The molecule has 4 atom stereocenters. The Labute approximate surface area is 112 Å². The van der Waals surface area contributed by atoms with E-state index in [1.165, 1.54) is 19.3 Å². The first-order valence-corrected chi connectivity index (χ1v) is 7.87. The van der Waals surface area contributed by atoms with E-state index in [2.05, 4.69) is 5.32 Å². The summed E-state index contributed by atoms with van der Waals surface area (Å²) in [5.41, 5.74) is 0. The first-order chi connectivity index (χ1) is 9.04. The van der Waals surface area contributed by atoms with Crippen LogP contribution in [-0.2, 0) is 0 Å². The van der Waals surface area contributed by atoms with Gasteiger partial charge in [0, 0.05) is 12.1 Å². The predicted octanol–water partition coefficient (Wildman–Crippen LogP) is 3.74. The second-order valence-electron chi connectivity index (χ2n) is 7.27. The van der Waals surface area contributed by atoms with Crippen LogP contribution in [0.1, 0.15) is 44.9 Å². The highest BCUT2D eigenvalue weighted by Gasteiger charge is 2.65. The topological polar surface area (TPSA) is 12.0 Å². The van der Waals surface area contributed by atoms with Gasteiger partial charge < -0.3 is 5.32 Å². The lowest BCUT2D eigenvalue weighted by atomic mass is 9.85. The summed E-state index contributed by atoms with van der Waals surface area (Å²) in [6.07, 6.45) is 2.38. The van der Waals surface area contributed by atoms with Gasteiger partial charge in [-0.15, -0.1) is 0 Å². The average molecular weight is 273 g/mol. The minimum absolute atomic E-state index is 0.329. The van der Waals surface area contributed by atoms with E-state index in [4.69, 9.17) is 0 Å². The van der Waals surface area contributed by atoms with Crippen LogP contribution in [0.15, 0.2) is 0 Å². The Morgan fingerprint density at radius 2 is 1.37 bits per heavy atom. The van der Waals surface area contributed by atoms with Gasteiger partial charge in [-0.25, -0.2) is 0 Å². The van der Waals surface area contributed by atoms with Crippen molar-refractivity contribution in [3.8, 4) is 0 Å². The van der Waals surface area contributed by atoms with Crippen molar-refractivity contribution < 1.29 is 13.2 Å². The molecule has 4 unspecified atom stereocenters. The highest BCUT2D eigenvalue weighted by atomic mass is 19.4. The summed E-state index contributed by atoms with van der Waals surface area (Å²) < 4.78 is 37.9. The SMILES string of the molecule is FC(F)(F)C1CCC(NC2C3C4CCC(C4)C23)CC1. The molecule has 19 heavy (non-hydrogen) atoms. The molecular weight excluding hydrogens is 251 g/mol. The molecule has 4 saturated carbocycles. The molecule has 0 spiro atoms. The molecule has 0 aromatic carbocycles. The van der Waals surface area contributed by atoms with Crippen molar-refractivity contribution in [2.75, 3.05) is 0 Å². The third kappa shape index (κ3) is 2.01. The van der Waals surface area contributed by atoms with E-state index in [9.17, 15) is 13.2 Å². The maximum atomic E-state index is 12.6. The summed E-state index contributed by atoms with van der Waals surface area (Å²) in [7, 11) is 0. The second kappa shape index (κ2) is 4.12. The Morgan fingerprint density at radius 1 is 0.789 bits per heavy atom. The Hall–Kier alpha value is -0.250. The molecule has 0 aliphatic heterocycles. The standard InChI is InChI=1S/C15H22F3N/c16-15(17,18)10-3-5-11(6-4-10)19-14-12-8-1-2-9(7-8)13(12)14/h8-14,19H,1-7H2. The lowest BCUT2D eigenvalue weighted by Gasteiger charge is -2.31. The first-order valence-electron chi connectivity index (χ1n) is 7.87. The van der Waals surface area contributed by atoms with Gasteiger partial charge >= 0.3 is 6.18 Å². The summed E-state index contributed by atoms with van der Waals surface area (Å²) in [6.45, 7) is 0. The smallest absolute Gasteiger partial charge is 0.311 e. The van der Waals surface area contributed by atoms with Crippen molar-refractivity contribution in [1.29, 1.82) is 0 Å². The van der Waals surface area contributed by atoms with Crippen LogP contribution in [0.4, 0.5) is 13.2 Å². The minimum atomic E-state index is -3.97. The second-order valence-corrected chi connectivity index (χ2v) is 7.27. The van der Waals surface area contributed by atoms with Crippen LogP contribution in [-0.4, -0.2) is 18.3 Å². The van der Waals surface area contributed by atoms with Crippen molar-refractivity contribution >= 4 is 0 Å². The third-order valence-electron chi connectivity index (χ3n) is 6.35. The number of nitrogens with one attached hydrogen (secondary N) is 1. The molecule has 4 aliphatic rings. The van der Waals surface area contributed by atoms with E-state index in [0.29, 0.717) is 24.9 Å². The van der Waals surface area contributed by atoms with E-state index in [1.54, 1.807) is 0 Å². The highest BCUT2D eigenvalue weighted by molar-refractivity contribution is 5.17. The number of hydrogen-bond donors (Lipinski definition) is 1. The lowest BCUT2D eigenvalue weighted by molar-refractivity contribution is -0.182. The molecule has 4 aliphatic carbocycles. The average Bonchev–Trinajstić information content (AvgIpc) is 2.77. The molecular formula is C15H22F3N. The lowest BCUT2D eigenvalue weighted by Crippen LogP contribution is -2.39. The van der Waals surface area contributed by atoms with Gasteiger partial charge in [-0.1, -0.05) is 0 Å². The third-order valence-corrected chi connectivity index (χ3v) is 6.35. The van der Waals surface area contributed by atoms with Crippen molar-refractivity contribution in [1.82, 2.24) is 5.32 Å². The summed E-state index contributed by atoms with van der Waals surface area (Å²) in [6, 6.07) is 1.02. The maximum absolute atomic E-state index is 12.6. The van der Waals surface area contributed by atoms with Crippen molar-refractivity contribution in [3.63, 3.8) is 0 Å². The van der Waals surface area contributed by atoms with Crippen LogP contribution >= 0.6 is 0 Å². The van der Waals surface area contributed by atoms with Gasteiger partial charge in [0.25, 0.3) is 0 Å². The molecule has 1 nitrogen and oxygen atoms in total. The van der Waals surface area contributed by atoms with Crippen LogP contribution in [0.3, 0.4) is 0 Å². The van der Waals surface area contributed by atoms with Gasteiger partial charge in [-0.05, 0) is 68.6 Å². The van der Waals surface area contributed by atoms with E-state index in [1.807, 2.05) is 0 Å². The Balaban J connectivity index is 1.28. The molecule has 0 aromatic heterocycles. The van der Waals surface area contributed by atoms with Gasteiger partial charge in [0.1, 0.15) is 0 Å². The fourth-order valence-electron chi connectivity index (χ4n) is 5.41. The quantitative estimate of drug-likeness (QED) is 0.808. The van der Waals surface area contributed by atoms with Gasteiger partial charge in [0.15, 0.2) is 0 Å². The zero-order valence-electron chi connectivity index (χ0n) is 11.1. The summed E-state index contributed by atoms with van der Waals surface area (Å²) >= 11 is 0. The molecule has 4 heteroatoms. The molecule has 2 bridgehead atoms. The highest BCUT2D eigenvalue weighted by Crippen LogP contribution is 2.65. The Morgan fingerprint density at radius 3 is 1.89 bits per heavy atom. The molecule has 1 N–H and O–H groups in total. The zero-order chi connectivity index (χ0) is 13.2. The minimum Gasteiger partial charge on any atom is -0.311 e. The Kier molecular flexibility index (Phi) is 2.71. The van der Waals surface area contributed by atoms with E-state index in [0.717, 1.165) is 36.5 Å². The van der Waals surface area contributed by atoms with Crippen molar-refractivity contribution in [3.05, 3.63) is 0 Å². The first kappa shape index (κ1) is 12.5. The number of hydrogen-bond acceptors (Lipinski definition) is 1. The molecule has 0 aromatic rings. The molecule has 108 valence electrons. The zero-order valence-corrected chi connectivity index (χ0v) is 11.1. The molecule has 0 saturated heterocycles. The van der Waals surface area contributed by atoms with Gasteiger partial charge in [0.2, 0.25) is 0 Å². The van der Waals surface area contributed by atoms with E-state index >= 15 is 0 Å². The Bertz CT molecular complexity index is 343. The van der Waals surface area contributed by atoms with Gasteiger partial charge in [-0.2, -0.15) is 13.2 Å². The largest absolute Gasteiger partial charge is 0.391 e. The summed E-state index contributed by atoms with van der Waals surface area (Å²) in [5.74, 6) is 2.62. The normalized spacial score (nSPS) is 52.3. The molecule has 0 heterocycles.